The van der Waals surface area contributed by atoms with Gasteiger partial charge in [-0.2, -0.15) is 5.10 Å². The second kappa shape index (κ2) is 6.17. The fraction of sp³-hybridized carbons (Fsp3) is 0.769. The van der Waals surface area contributed by atoms with Crippen molar-refractivity contribution in [2.24, 2.45) is 12.8 Å². The highest BCUT2D eigenvalue weighted by atomic mass is 15.3. The summed E-state index contributed by atoms with van der Waals surface area (Å²) < 4.78 is 1.92. The topological polar surface area (TPSA) is 47.1 Å². The van der Waals surface area contributed by atoms with Gasteiger partial charge in [-0.15, -0.1) is 0 Å². The Balaban J connectivity index is 2.95. The van der Waals surface area contributed by atoms with E-state index in [9.17, 15) is 0 Å². The first-order chi connectivity index (χ1) is 8.06. The van der Waals surface area contributed by atoms with Gasteiger partial charge in [0.2, 0.25) is 0 Å². The molecule has 0 aromatic carbocycles. The monoisotopic (exact) mass is 238 g/mol. The third kappa shape index (κ3) is 2.87. The first-order valence-electron chi connectivity index (χ1n) is 6.47. The summed E-state index contributed by atoms with van der Waals surface area (Å²) in [6.07, 6.45) is 4.26. The molecular formula is C13H26N4. The van der Waals surface area contributed by atoms with E-state index in [2.05, 4.69) is 37.8 Å². The molecule has 1 aromatic rings. The van der Waals surface area contributed by atoms with Crippen molar-refractivity contribution in [1.29, 1.82) is 0 Å². The maximum absolute atomic E-state index is 5.95. The highest BCUT2D eigenvalue weighted by Crippen LogP contribution is 2.24. The molecule has 0 aliphatic heterocycles. The van der Waals surface area contributed by atoms with Crippen molar-refractivity contribution in [3.63, 3.8) is 0 Å². The van der Waals surface area contributed by atoms with Gasteiger partial charge in [0.25, 0.3) is 0 Å². The minimum Gasteiger partial charge on any atom is -0.329 e. The summed E-state index contributed by atoms with van der Waals surface area (Å²) in [5.74, 6) is 0. The van der Waals surface area contributed by atoms with E-state index in [-0.39, 0.29) is 6.04 Å². The molecule has 0 saturated carbocycles. The lowest BCUT2D eigenvalue weighted by molar-refractivity contribution is 0.167. The van der Waals surface area contributed by atoms with Crippen LogP contribution in [0.15, 0.2) is 6.20 Å². The van der Waals surface area contributed by atoms with Gasteiger partial charge in [-0.1, -0.05) is 13.8 Å². The van der Waals surface area contributed by atoms with Gasteiger partial charge in [0.05, 0.1) is 12.2 Å². The molecule has 1 heterocycles. The van der Waals surface area contributed by atoms with Crippen molar-refractivity contribution < 1.29 is 0 Å². The minimum absolute atomic E-state index is 0.272. The maximum atomic E-state index is 5.95. The SMILES string of the molecule is CCC(CC)N(C)C(CN)c1cnn(C)c1C. The zero-order valence-electron chi connectivity index (χ0n) is 11.8. The van der Waals surface area contributed by atoms with Crippen LogP contribution in [0.1, 0.15) is 44.0 Å². The van der Waals surface area contributed by atoms with E-state index in [1.54, 1.807) is 0 Å². The van der Waals surface area contributed by atoms with E-state index in [1.165, 1.54) is 11.3 Å². The molecule has 0 radical (unpaired) electrons. The molecule has 4 heteroatoms. The van der Waals surface area contributed by atoms with Gasteiger partial charge in [0, 0.05) is 30.9 Å². The quantitative estimate of drug-likeness (QED) is 0.822. The number of hydrogen-bond donors (Lipinski definition) is 1. The third-order valence-corrected chi connectivity index (χ3v) is 3.87. The lowest BCUT2D eigenvalue weighted by atomic mass is 10.0. The Labute approximate surface area is 105 Å². The van der Waals surface area contributed by atoms with E-state index in [0.29, 0.717) is 12.6 Å². The highest BCUT2D eigenvalue weighted by Gasteiger charge is 2.23. The summed E-state index contributed by atoms with van der Waals surface area (Å²) >= 11 is 0. The second-order valence-corrected chi connectivity index (χ2v) is 4.70. The average Bonchev–Trinajstić information content (AvgIpc) is 2.64. The standard InChI is InChI=1S/C13H26N4/c1-6-11(7-2)16(4)13(8-14)12-9-15-17(5)10(12)3/h9,11,13H,6-8,14H2,1-5H3. The highest BCUT2D eigenvalue weighted by molar-refractivity contribution is 5.21. The number of aryl methyl sites for hydroxylation is 1. The Morgan fingerprint density at radius 1 is 1.41 bits per heavy atom. The van der Waals surface area contributed by atoms with Crippen LogP contribution in [0.3, 0.4) is 0 Å². The molecule has 1 rings (SSSR count). The molecule has 1 aromatic heterocycles. The third-order valence-electron chi connectivity index (χ3n) is 3.87. The predicted molar refractivity (Wildman–Crippen MR) is 71.9 cm³/mol. The van der Waals surface area contributed by atoms with Crippen LogP contribution in [0.4, 0.5) is 0 Å². The molecule has 0 bridgehead atoms. The number of likely N-dealkylation sites (N-methyl/N-ethyl adjacent to an activating group) is 1. The molecule has 0 saturated heterocycles. The fourth-order valence-corrected chi connectivity index (χ4v) is 2.47. The summed E-state index contributed by atoms with van der Waals surface area (Å²) in [6, 6.07) is 0.858. The molecule has 0 aliphatic carbocycles. The largest absolute Gasteiger partial charge is 0.329 e. The zero-order chi connectivity index (χ0) is 13.0. The summed E-state index contributed by atoms with van der Waals surface area (Å²) in [6.45, 7) is 7.20. The normalized spacial score (nSPS) is 13.6. The van der Waals surface area contributed by atoms with Crippen LogP contribution < -0.4 is 5.73 Å². The van der Waals surface area contributed by atoms with Gasteiger partial charge < -0.3 is 5.73 Å². The Morgan fingerprint density at radius 2 is 2.00 bits per heavy atom. The smallest absolute Gasteiger partial charge is 0.0540 e. The van der Waals surface area contributed by atoms with Crippen molar-refractivity contribution in [2.75, 3.05) is 13.6 Å². The van der Waals surface area contributed by atoms with Crippen LogP contribution in [0.2, 0.25) is 0 Å². The number of hydrogen-bond acceptors (Lipinski definition) is 3. The Hall–Kier alpha value is -0.870. The van der Waals surface area contributed by atoms with Gasteiger partial charge >= 0.3 is 0 Å². The summed E-state index contributed by atoms with van der Waals surface area (Å²) in [7, 11) is 4.14. The van der Waals surface area contributed by atoms with Crippen LogP contribution in [-0.4, -0.2) is 34.3 Å². The van der Waals surface area contributed by atoms with Crippen LogP contribution in [0.5, 0.6) is 0 Å². The summed E-state index contributed by atoms with van der Waals surface area (Å²) in [5.41, 5.74) is 8.41. The van der Waals surface area contributed by atoms with Crippen molar-refractivity contribution in [1.82, 2.24) is 14.7 Å². The van der Waals surface area contributed by atoms with Gasteiger partial charge in [-0.25, -0.2) is 0 Å². The van der Waals surface area contributed by atoms with E-state index < -0.39 is 0 Å². The van der Waals surface area contributed by atoms with Crippen LogP contribution in [0.25, 0.3) is 0 Å². The minimum atomic E-state index is 0.272. The number of nitrogens with two attached hydrogens (primary N) is 1. The van der Waals surface area contributed by atoms with Crippen LogP contribution in [0, 0.1) is 6.92 Å². The number of nitrogens with zero attached hydrogens (tertiary/aromatic N) is 3. The molecule has 0 fully saturated rings. The van der Waals surface area contributed by atoms with E-state index in [0.717, 1.165) is 12.8 Å². The molecule has 98 valence electrons. The Morgan fingerprint density at radius 3 is 2.35 bits per heavy atom. The van der Waals surface area contributed by atoms with Gasteiger partial charge in [0.1, 0.15) is 0 Å². The van der Waals surface area contributed by atoms with Crippen molar-refractivity contribution in [2.45, 2.75) is 45.7 Å². The fourth-order valence-electron chi connectivity index (χ4n) is 2.47. The predicted octanol–water partition coefficient (Wildman–Crippen LogP) is 1.85. The van der Waals surface area contributed by atoms with Crippen molar-refractivity contribution in [3.8, 4) is 0 Å². The number of aromatic nitrogens is 2. The number of rotatable bonds is 6. The first-order valence-corrected chi connectivity index (χ1v) is 6.47. The average molecular weight is 238 g/mol. The molecule has 0 amide bonds. The zero-order valence-corrected chi connectivity index (χ0v) is 11.8. The Kier molecular flexibility index (Phi) is 5.15. The van der Waals surface area contributed by atoms with Crippen LogP contribution in [-0.2, 0) is 7.05 Å². The van der Waals surface area contributed by atoms with E-state index in [1.807, 2.05) is 17.9 Å². The van der Waals surface area contributed by atoms with Crippen molar-refractivity contribution in [3.05, 3.63) is 17.5 Å². The molecule has 1 atom stereocenters. The molecule has 1 unspecified atom stereocenters. The summed E-state index contributed by atoms with van der Waals surface area (Å²) in [4.78, 5) is 2.39. The lowest BCUT2D eigenvalue weighted by Gasteiger charge is -2.33. The molecule has 0 spiro atoms. The maximum Gasteiger partial charge on any atom is 0.0540 e. The van der Waals surface area contributed by atoms with Gasteiger partial charge in [0.15, 0.2) is 0 Å². The molecule has 17 heavy (non-hydrogen) atoms. The first kappa shape index (κ1) is 14.2. The molecule has 0 aliphatic rings. The van der Waals surface area contributed by atoms with Gasteiger partial charge in [-0.3, -0.25) is 9.58 Å². The molecule has 2 N–H and O–H groups in total. The lowest BCUT2D eigenvalue weighted by Crippen LogP contribution is -2.38. The molecule has 4 nitrogen and oxygen atoms in total. The van der Waals surface area contributed by atoms with Gasteiger partial charge in [-0.05, 0) is 26.8 Å². The van der Waals surface area contributed by atoms with Crippen molar-refractivity contribution >= 4 is 0 Å². The van der Waals surface area contributed by atoms with E-state index in [4.69, 9.17) is 5.73 Å². The molecular weight excluding hydrogens is 212 g/mol. The van der Waals surface area contributed by atoms with Crippen LogP contribution >= 0.6 is 0 Å². The van der Waals surface area contributed by atoms with E-state index >= 15 is 0 Å². The second-order valence-electron chi connectivity index (χ2n) is 4.70. The Bertz CT molecular complexity index is 341. The summed E-state index contributed by atoms with van der Waals surface area (Å²) in [5, 5.41) is 4.31.